The van der Waals surface area contributed by atoms with Crippen molar-refractivity contribution in [1.29, 1.82) is 0 Å². The summed E-state index contributed by atoms with van der Waals surface area (Å²) in [5.41, 5.74) is 4.45. The third-order valence-corrected chi connectivity index (χ3v) is 11.3. The first-order valence-corrected chi connectivity index (χ1v) is 13.7. The van der Waals surface area contributed by atoms with E-state index in [9.17, 15) is 5.11 Å². The second-order valence-corrected chi connectivity index (χ2v) is 12.9. The normalized spacial score (nSPS) is 46.2. The molecule has 4 aliphatic carbocycles. The van der Waals surface area contributed by atoms with E-state index in [0.29, 0.717) is 28.6 Å². The van der Waals surface area contributed by atoms with Crippen molar-refractivity contribution in [3.8, 4) is 0 Å². The lowest BCUT2D eigenvalue weighted by molar-refractivity contribution is -0.0773. The van der Waals surface area contributed by atoms with Crippen LogP contribution in [0.2, 0.25) is 0 Å². The van der Waals surface area contributed by atoms with Crippen LogP contribution < -0.4 is 0 Å². The van der Waals surface area contributed by atoms with Crippen LogP contribution in [0.4, 0.5) is 0 Å². The summed E-state index contributed by atoms with van der Waals surface area (Å²) in [7, 11) is 0. The molecular weight excluding hydrogens is 376 g/mol. The van der Waals surface area contributed by atoms with Gasteiger partial charge in [0, 0.05) is 0 Å². The van der Waals surface area contributed by atoms with E-state index in [0.717, 1.165) is 30.1 Å². The molecule has 0 bridgehead atoms. The maximum Gasteiger partial charge on any atom is 0.0568 e. The first-order chi connectivity index (χ1) is 14.6. The molecule has 4 aliphatic rings. The van der Waals surface area contributed by atoms with Crippen molar-refractivity contribution in [3.05, 3.63) is 23.3 Å². The van der Waals surface area contributed by atoms with Gasteiger partial charge in [0.15, 0.2) is 0 Å². The predicted octanol–water partition coefficient (Wildman–Crippen LogP) is 8.19. The molecule has 0 aromatic rings. The molecule has 3 saturated carbocycles. The van der Waals surface area contributed by atoms with Crippen LogP contribution >= 0.6 is 0 Å². The summed E-state index contributed by atoms with van der Waals surface area (Å²) in [6.07, 6.45) is 16.8. The van der Waals surface area contributed by atoms with Gasteiger partial charge in [-0.1, -0.05) is 64.8 Å². The fraction of sp³-hybridized carbons (Fsp3) is 0.867. The Morgan fingerprint density at radius 1 is 1.06 bits per heavy atom. The second-order valence-electron chi connectivity index (χ2n) is 12.9. The molecule has 1 nitrogen and oxygen atoms in total. The van der Waals surface area contributed by atoms with Crippen LogP contribution in [0.5, 0.6) is 0 Å². The molecule has 0 amide bonds. The van der Waals surface area contributed by atoms with E-state index in [1.54, 1.807) is 5.57 Å². The number of rotatable bonds is 5. The number of aliphatic hydroxyl groups is 1. The molecule has 31 heavy (non-hydrogen) atoms. The molecule has 2 unspecified atom stereocenters. The third-order valence-electron chi connectivity index (χ3n) is 11.3. The van der Waals surface area contributed by atoms with Gasteiger partial charge in [0.05, 0.1) is 6.10 Å². The average molecular weight is 427 g/mol. The quantitative estimate of drug-likeness (QED) is 0.439. The first-order valence-electron chi connectivity index (χ1n) is 13.7. The van der Waals surface area contributed by atoms with E-state index in [4.69, 9.17) is 0 Å². The summed E-state index contributed by atoms with van der Waals surface area (Å²) in [6, 6.07) is 0. The SMILES string of the molecule is C/C=C(\CC[C@@H](C)[C@H]1CC[C@H]2C3=CCC4C(C)[C@@H](O)CC[C@]4(C)[C@H]3CC[C@]12C)C(C)C. The highest BCUT2D eigenvalue weighted by Gasteiger charge is 2.59. The fourth-order valence-electron chi connectivity index (χ4n) is 9.28. The number of aliphatic hydroxyl groups excluding tert-OH is 1. The van der Waals surface area contributed by atoms with Gasteiger partial charge in [0.1, 0.15) is 0 Å². The zero-order chi connectivity index (χ0) is 22.6. The van der Waals surface area contributed by atoms with Gasteiger partial charge in [0.25, 0.3) is 0 Å². The molecule has 3 fully saturated rings. The van der Waals surface area contributed by atoms with Gasteiger partial charge in [-0.05, 0) is 117 Å². The summed E-state index contributed by atoms with van der Waals surface area (Å²) >= 11 is 0. The molecule has 1 N–H and O–H groups in total. The summed E-state index contributed by atoms with van der Waals surface area (Å²) in [5.74, 6) is 5.16. The van der Waals surface area contributed by atoms with Crippen molar-refractivity contribution in [2.75, 3.05) is 0 Å². The van der Waals surface area contributed by atoms with Crippen LogP contribution in [-0.4, -0.2) is 11.2 Å². The van der Waals surface area contributed by atoms with Gasteiger partial charge in [0.2, 0.25) is 0 Å². The van der Waals surface area contributed by atoms with E-state index in [2.05, 4.69) is 60.6 Å². The first kappa shape index (κ1) is 23.6. The molecular formula is C30H50O. The molecule has 4 rings (SSSR count). The van der Waals surface area contributed by atoms with Crippen LogP contribution in [0.1, 0.15) is 106 Å². The Morgan fingerprint density at radius 3 is 2.42 bits per heavy atom. The van der Waals surface area contributed by atoms with Crippen LogP contribution in [0, 0.1) is 52.3 Å². The standard InChI is InChI=1S/C30H50O/c1-8-22(19(2)3)10-9-20(4)24-13-14-26-23-11-12-25-21(5)28(31)16-18-30(25,7)27(23)15-17-29(24,26)6/h8,11,19-21,24-28,31H,9-10,12-18H2,1-7H3/b22-8+/t20-,21?,24-,25?,26+,27+,28+,29-,30+/m1/s1. The molecule has 0 saturated heterocycles. The highest BCUT2D eigenvalue weighted by molar-refractivity contribution is 5.28. The number of hydrogen-bond donors (Lipinski definition) is 1. The van der Waals surface area contributed by atoms with E-state index in [1.165, 1.54) is 51.4 Å². The lowest BCUT2D eigenvalue weighted by Gasteiger charge is -2.59. The fourth-order valence-corrected chi connectivity index (χ4v) is 9.28. The van der Waals surface area contributed by atoms with Gasteiger partial charge in [-0.3, -0.25) is 0 Å². The van der Waals surface area contributed by atoms with Crippen LogP contribution in [0.3, 0.4) is 0 Å². The van der Waals surface area contributed by atoms with E-state index >= 15 is 0 Å². The van der Waals surface area contributed by atoms with Crippen LogP contribution in [0.15, 0.2) is 23.3 Å². The van der Waals surface area contributed by atoms with E-state index in [-0.39, 0.29) is 6.10 Å². The summed E-state index contributed by atoms with van der Waals surface area (Å²) < 4.78 is 0. The number of hydrogen-bond acceptors (Lipinski definition) is 1. The van der Waals surface area contributed by atoms with Crippen molar-refractivity contribution in [2.45, 2.75) is 112 Å². The van der Waals surface area contributed by atoms with Crippen molar-refractivity contribution in [1.82, 2.24) is 0 Å². The Labute approximate surface area is 193 Å². The van der Waals surface area contributed by atoms with Gasteiger partial charge in [-0.15, -0.1) is 0 Å². The molecule has 176 valence electrons. The topological polar surface area (TPSA) is 20.2 Å². The van der Waals surface area contributed by atoms with E-state index in [1.807, 2.05) is 5.57 Å². The van der Waals surface area contributed by atoms with Crippen LogP contribution in [0.25, 0.3) is 0 Å². The lowest BCUT2D eigenvalue weighted by atomic mass is 9.46. The summed E-state index contributed by atoms with van der Waals surface area (Å²) in [6.45, 7) is 17.1. The highest BCUT2D eigenvalue weighted by Crippen LogP contribution is 2.67. The Balaban J connectivity index is 1.51. The van der Waals surface area contributed by atoms with Crippen molar-refractivity contribution < 1.29 is 5.11 Å². The van der Waals surface area contributed by atoms with Gasteiger partial charge in [-0.25, -0.2) is 0 Å². The average Bonchev–Trinajstić information content (AvgIpc) is 3.08. The van der Waals surface area contributed by atoms with E-state index < -0.39 is 0 Å². The summed E-state index contributed by atoms with van der Waals surface area (Å²) in [5, 5.41) is 10.5. The van der Waals surface area contributed by atoms with Crippen LogP contribution in [-0.2, 0) is 0 Å². The maximum absolute atomic E-state index is 10.5. The minimum atomic E-state index is -0.0773. The zero-order valence-corrected chi connectivity index (χ0v) is 21.6. The molecule has 1 heteroatoms. The lowest BCUT2D eigenvalue weighted by Crippen LogP contribution is -2.52. The monoisotopic (exact) mass is 426 g/mol. The van der Waals surface area contributed by atoms with Gasteiger partial charge >= 0.3 is 0 Å². The molecule has 0 aliphatic heterocycles. The Morgan fingerprint density at radius 2 is 1.74 bits per heavy atom. The number of fused-ring (bicyclic) bond motifs is 5. The largest absolute Gasteiger partial charge is 0.393 e. The van der Waals surface area contributed by atoms with Gasteiger partial charge < -0.3 is 5.11 Å². The molecule has 0 heterocycles. The smallest absolute Gasteiger partial charge is 0.0568 e. The third kappa shape index (κ3) is 3.79. The van der Waals surface area contributed by atoms with Crippen molar-refractivity contribution >= 4 is 0 Å². The minimum absolute atomic E-state index is 0.0773. The molecule has 0 aromatic carbocycles. The molecule has 9 atom stereocenters. The van der Waals surface area contributed by atoms with Crippen molar-refractivity contribution in [2.24, 2.45) is 52.3 Å². The Bertz CT molecular complexity index is 716. The van der Waals surface area contributed by atoms with Crippen molar-refractivity contribution in [3.63, 3.8) is 0 Å². The number of allylic oxidation sites excluding steroid dienone is 4. The predicted molar refractivity (Wildman–Crippen MR) is 133 cm³/mol. The maximum atomic E-state index is 10.5. The summed E-state index contributed by atoms with van der Waals surface area (Å²) in [4.78, 5) is 0. The minimum Gasteiger partial charge on any atom is -0.393 e. The molecule has 0 aromatic heterocycles. The zero-order valence-electron chi connectivity index (χ0n) is 21.6. The Kier molecular flexibility index (Phi) is 6.59. The highest BCUT2D eigenvalue weighted by atomic mass is 16.3. The molecule has 0 spiro atoms. The van der Waals surface area contributed by atoms with Gasteiger partial charge in [-0.2, -0.15) is 0 Å². The Hall–Kier alpha value is -0.560. The second kappa shape index (κ2) is 8.66. The molecule has 0 radical (unpaired) electrons.